The minimum Gasteiger partial charge on any atom is -0.489 e. The lowest BCUT2D eigenvalue weighted by atomic mass is 10.2. The van der Waals surface area contributed by atoms with Gasteiger partial charge >= 0.3 is 0 Å². The van der Waals surface area contributed by atoms with E-state index in [4.69, 9.17) is 4.74 Å². The van der Waals surface area contributed by atoms with Gasteiger partial charge in [-0.3, -0.25) is 9.69 Å². The van der Waals surface area contributed by atoms with Crippen molar-refractivity contribution in [1.82, 2.24) is 9.80 Å². The molecule has 1 saturated heterocycles. The highest BCUT2D eigenvalue weighted by molar-refractivity contribution is 5.82. The van der Waals surface area contributed by atoms with Crippen molar-refractivity contribution in [2.45, 2.75) is 31.9 Å². The van der Waals surface area contributed by atoms with E-state index >= 15 is 0 Å². The maximum Gasteiger partial charge on any atom is 0.240 e. The molecule has 0 unspecified atom stereocenters. The lowest BCUT2D eigenvalue weighted by Gasteiger charge is -2.27. The summed E-state index contributed by atoms with van der Waals surface area (Å²) in [5, 5.41) is 0. The molecule has 116 valence electrons. The first-order chi connectivity index (χ1) is 10.0. The van der Waals surface area contributed by atoms with Crippen LogP contribution in [0.1, 0.15) is 19.8 Å². The van der Waals surface area contributed by atoms with Gasteiger partial charge in [-0.1, -0.05) is 6.92 Å². The normalized spacial score (nSPS) is 19.9. The van der Waals surface area contributed by atoms with E-state index in [0.717, 1.165) is 19.4 Å². The molecular formula is C16H23FN2O2. The van der Waals surface area contributed by atoms with Gasteiger partial charge in [0, 0.05) is 13.0 Å². The molecule has 0 saturated carbocycles. The molecule has 2 atom stereocenters. The molecule has 1 heterocycles. The van der Waals surface area contributed by atoms with E-state index in [1.54, 1.807) is 12.1 Å². The number of hydrogen-bond acceptors (Lipinski definition) is 3. The van der Waals surface area contributed by atoms with Crippen molar-refractivity contribution >= 4 is 5.91 Å². The van der Waals surface area contributed by atoms with Crippen LogP contribution in [-0.2, 0) is 4.79 Å². The van der Waals surface area contributed by atoms with E-state index < -0.39 is 0 Å². The fourth-order valence-electron chi connectivity index (χ4n) is 2.70. The summed E-state index contributed by atoms with van der Waals surface area (Å²) in [5.41, 5.74) is 0. The number of nitrogens with zero attached hydrogens (tertiary/aromatic N) is 2. The van der Waals surface area contributed by atoms with Crippen LogP contribution in [0.2, 0.25) is 0 Å². The van der Waals surface area contributed by atoms with Crippen LogP contribution >= 0.6 is 0 Å². The molecule has 1 aromatic carbocycles. The van der Waals surface area contributed by atoms with Gasteiger partial charge in [0.1, 0.15) is 17.7 Å². The first kappa shape index (κ1) is 15.8. The Morgan fingerprint density at radius 3 is 2.67 bits per heavy atom. The van der Waals surface area contributed by atoms with Crippen molar-refractivity contribution < 1.29 is 13.9 Å². The third-order valence-electron chi connectivity index (χ3n) is 3.87. The Kier molecular flexibility index (Phi) is 5.17. The smallest absolute Gasteiger partial charge is 0.240 e. The number of halogens is 1. The maximum atomic E-state index is 12.9. The van der Waals surface area contributed by atoms with E-state index in [1.807, 2.05) is 30.8 Å². The Labute approximate surface area is 125 Å². The second-order valence-electron chi connectivity index (χ2n) is 5.65. The van der Waals surface area contributed by atoms with Gasteiger partial charge in [0.15, 0.2) is 0 Å². The minimum atomic E-state index is -0.276. The van der Waals surface area contributed by atoms with Gasteiger partial charge < -0.3 is 9.64 Å². The fourth-order valence-corrected chi connectivity index (χ4v) is 2.70. The minimum absolute atomic E-state index is 0.0147. The number of carbonyl (C=O) groups excluding carboxylic acids is 1. The quantitative estimate of drug-likeness (QED) is 0.834. The van der Waals surface area contributed by atoms with Gasteiger partial charge in [0.2, 0.25) is 5.91 Å². The number of likely N-dealkylation sites (N-methyl/N-ethyl adjacent to an activating group) is 1. The van der Waals surface area contributed by atoms with Crippen LogP contribution in [0.3, 0.4) is 0 Å². The number of carbonyl (C=O) groups is 1. The fraction of sp³-hybridized carbons (Fsp3) is 0.562. The van der Waals surface area contributed by atoms with Crippen LogP contribution in [0.25, 0.3) is 0 Å². The van der Waals surface area contributed by atoms with Crippen molar-refractivity contribution in [3.05, 3.63) is 30.1 Å². The number of ether oxygens (including phenoxy) is 1. The van der Waals surface area contributed by atoms with Crippen molar-refractivity contribution in [1.29, 1.82) is 0 Å². The zero-order valence-corrected chi connectivity index (χ0v) is 12.9. The number of rotatable bonds is 5. The first-order valence-corrected chi connectivity index (χ1v) is 7.38. The highest BCUT2D eigenvalue weighted by atomic mass is 19.1. The van der Waals surface area contributed by atoms with Crippen molar-refractivity contribution in [3.8, 4) is 5.75 Å². The van der Waals surface area contributed by atoms with Gasteiger partial charge in [-0.2, -0.15) is 0 Å². The monoisotopic (exact) mass is 294 g/mol. The second kappa shape index (κ2) is 6.89. The summed E-state index contributed by atoms with van der Waals surface area (Å²) in [6, 6.07) is 5.93. The molecule has 1 amide bonds. The lowest BCUT2D eigenvalue weighted by molar-refractivity contribution is -0.135. The Balaban J connectivity index is 1.91. The molecule has 1 aliphatic rings. The molecule has 1 aliphatic heterocycles. The van der Waals surface area contributed by atoms with Crippen LogP contribution in [0.4, 0.5) is 4.39 Å². The maximum absolute atomic E-state index is 12.9. The van der Waals surface area contributed by atoms with Crippen LogP contribution in [0.5, 0.6) is 5.75 Å². The molecule has 0 radical (unpaired) electrons. The van der Waals surface area contributed by atoms with Gasteiger partial charge in [-0.05, 0) is 44.8 Å². The van der Waals surface area contributed by atoms with E-state index in [-0.39, 0.29) is 23.9 Å². The zero-order valence-electron chi connectivity index (χ0n) is 12.9. The van der Waals surface area contributed by atoms with Gasteiger partial charge in [0.05, 0.1) is 12.6 Å². The predicted molar refractivity (Wildman–Crippen MR) is 79.8 cm³/mol. The Morgan fingerprint density at radius 1 is 1.43 bits per heavy atom. The molecule has 0 aliphatic carbocycles. The van der Waals surface area contributed by atoms with E-state index in [9.17, 15) is 9.18 Å². The molecule has 0 bridgehead atoms. The molecule has 1 aromatic rings. The molecule has 4 nitrogen and oxygen atoms in total. The Hall–Kier alpha value is -1.62. The number of hydrogen-bond donors (Lipinski definition) is 0. The van der Waals surface area contributed by atoms with E-state index in [2.05, 4.69) is 0 Å². The summed E-state index contributed by atoms with van der Waals surface area (Å²) < 4.78 is 18.7. The molecule has 0 aromatic heterocycles. The highest BCUT2D eigenvalue weighted by Crippen LogP contribution is 2.20. The average molecular weight is 294 g/mol. The molecular weight excluding hydrogens is 271 g/mol. The standard InChI is InChI=1S/C16H23FN2O2/c1-4-15(18(2)3)16(20)19-10-9-14(11-19)21-13-7-5-12(17)6-8-13/h5-8,14-15H,4,9-11H2,1-3H3/t14-,15+/m0/s1. The van der Waals surface area contributed by atoms with E-state index in [1.165, 1.54) is 12.1 Å². The van der Waals surface area contributed by atoms with Crippen molar-refractivity contribution in [2.24, 2.45) is 0 Å². The molecule has 1 fully saturated rings. The summed E-state index contributed by atoms with van der Waals surface area (Å²) in [7, 11) is 3.85. The Morgan fingerprint density at radius 2 is 2.10 bits per heavy atom. The third kappa shape index (κ3) is 3.94. The van der Waals surface area contributed by atoms with Gasteiger partial charge in [0.25, 0.3) is 0 Å². The molecule has 21 heavy (non-hydrogen) atoms. The summed E-state index contributed by atoms with van der Waals surface area (Å²) in [5.74, 6) is 0.533. The topological polar surface area (TPSA) is 32.8 Å². The predicted octanol–water partition coefficient (Wildman–Crippen LogP) is 2.15. The largest absolute Gasteiger partial charge is 0.489 e. The van der Waals surface area contributed by atoms with Crippen molar-refractivity contribution in [3.63, 3.8) is 0 Å². The van der Waals surface area contributed by atoms with Crippen molar-refractivity contribution in [2.75, 3.05) is 27.2 Å². The number of amides is 1. The lowest BCUT2D eigenvalue weighted by Crippen LogP contribution is -2.45. The number of likely N-dealkylation sites (tertiary alicyclic amines) is 1. The number of benzene rings is 1. The summed E-state index contributed by atoms with van der Waals surface area (Å²) in [6.45, 7) is 3.33. The average Bonchev–Trinajstić information content (AvgIpc) is 2.90. The van der Waals surface area contributed by atoms with Crippen LogP contribution in [0.15, 0.2) is 24.3 Å². The zero-order chi connectivity index (χ0) is 15.4. The molecule has 2 rings (SSSR count). The summed E-state index contributed by atoms with van der Waals surface area (Å²) in [6.07, 6.45) is 1.60. The van der Waals surface area contributed by atoms with Gasteiger partial charge in [-0.15, -0.1) is 0 Å². The van der Waals surface area contributed by atoms with Crippen LogP contribution in [-0.4, -0.2) is 55.0 Å². The highest BCUT2D eigenvalue weighted by Gasteiger charge is 2.31. The summed E-state index contributed by atoms with van der Waals surface area (Å²) in [4.78, 5) is 16.3. The Bertz CT molecular complexity index is 476. The van der Waals surface area contributed by atoms with E-state index in [0.29, 0.717) is 12.3 Å². The molecule has 0 spiro atoms. The van der Waals surface area contributed by atoms with Crippen LogP contribution in [0, 0.1) is 5.82 Å². The SMILES string of the molecule is CC[C@H](C(=O)N1CC[C@H](Oc2ccc(F)cc2)C1)N(C)C. The first-order valence-electron chi connectivity index (χ1n) is 7.38. The molecule has 0 N–H and O–H groups in total. The molecule has 5 heteroatoms. The summed E-state index contributed by atoms with van der Waals surface area (Å²) >= 11 is 0. The van der Waals surface area contributed by atoms with Crippen LogP contribution < -0.4 is 4.74 Å². The third-order valence-corrected chi connectivity index (χ3v) is 3.87. The second-order valence-corrected chi connectivity index (χ2v) is 5.65. The van der Waals surface area contributed by atoms with Gasteiger partial charge in [-0.25, -0.2) is 4.39 Å².